The Morgan fingerprint density at radius 3 is 2.47 bits per heavy atom. The molecule has 17 heavy (non-hydrogen) atoms. The third-order valence-corrected chi connectivity index (χ3v) is 2.78. The van der Waals surface area contributed by atoms with Gasteiger partial charge in [-0.25, -0.2) is 13.2 Å². The molecule has 0 heterocycles. The first-order valence-corrected chi connectivity index (χ1v) is 5.48. The molecule has 0 aromatic heterocycles. The molecule has 0 amide bonds. The van der Waals surface area contributed by atoms with Crippen LogP contribution in [0.4, 0.5) is 13.2 Å². The van der Waals surface area contributed by atoms with Crippen LogP contribution in [0.2, 0.25) is 0 Å². The summed E-state index contributed by atoms with van der Waals surface area (Å²) in [4.78, 5) is 0. The highest BCUT2D eigenvalue weighted by Gasteiger charge is 2.19. The van der Waals surface area contributed by atoms with Crippen LogP contribution in [0, 0.1) is 17.5 Å². The van der Waals surface area contributed by atoms with Crippen molar-refractivity contribution >= 4 is 0 Å². The van der Waals surface area contributed by atoms with Crippen LogP contribution >= 0.6 is 0 Å². The van der Waals surface area contributed by atoms with Gasteiger partial charge in [0.25, 0.3) is 0 Å². The predicted octanol–water partition coefficient (Wildman–Crippen LogP) is 3.72. The lowest BCUT2D eigenvalue weighted by atomic mass is 9.98. The number of nitrogens with one attached hydrogen (secondary N) is 1. The van der Waals surface area contributed by atoms with Crippen LogP contribution in [0.5, 0.6) is 0 Å². The molecule has 1 atom stereocenters. The van der Waals surface area contributed by atoms with E-state index < -0.39 is 23.5 Å². The summed E-state index contributed by atoms with van der Waals surface area (Å²) in [6.45, 7) is 5.77. The average Bonchev–Trinajstić information content (AvgIpc) is 2.33. The summed E-state index contributed by atoms with van der Waals surface area (Å²) in [5.74, 6) is -3.73. The second kappa shape index (κ2) is 5.87. The minimum absolute atomic E-state index is 0.126. The molecule has 0 saturated heterocycles. The van der Waals surface area contributed by atoms with Gasteiger partial charge >= 0.3 is 0 Å². The standard InChI is InChI=1S/C13H16F3N/c1-4-8(2)7-11(17-3)9-5-6-10(14)13(16)12(9)15/h5-6,11,17H,2,4,7H2,1,3H3. The van der Waals surface area contributed by atoms with Crippen molar-refractivity contribution in [2.75, 3.05) is 7.05 Å². The maximum atomic E-state index is 13.6. The number of hydrogen-bond donors (Lipinski definition) is 1. The number of hydrogen-bond acceptors (Lipinski definition) is 1. The predicted molar refractivity (Wildman–Crippen MR) is 62.2 cm³/mol. The smallest absolute Gasteiger partial charge is 0.194 e. The van der Waals surface area contributed by atoms with E-state index in [1.807, 2.05) is 6.92 Å². The Bertz CT molecular complexity index is 415. The maximum Gasteiger partial charge on any atom is 0.194 e. The molecule has 1 N–H and O–H groups in total. The SMILES string of the molecule is C=C(CC)CC(NC)c1ccc(F)c(F)c1F. The van der Waals surface area contributed by atoms with Gasteiger partial charge in [-0.1, -0.05) is 25.1 Å². The van der Waals surface area contributed by atoms with E-state index in [0.717, 1.165) is 18.1 Å². The first kappa shape index (κ1) is 13.8. The molecule has 94 valence electrons. The molecular formula is C13H16F3N. The van der Waals surface area contributed by atoms with Crippen LogP contribution in [0.25, 0.3) is 0 Å². The summed E-state index contributed by atoms with van der Waals surface area (Å²) in [6, 6.07) is 1.81. The van der Waals surface area contributed by atoms with Crippen molar-refractivity contribution in [3.05, 3.63) is 47.3 Å². The first-order chi connectivity index (χ1) is 8.01. The highest BCUT2D eigenvalue weighted by molar-refractivity contribution is 5.25. The molecular weight excluding hydrogens is 227 g/mol. The van der Waals surface area contributed by atoms with E-state index in [-0.39, 0.29) is 5.56 Å². The summed E-state index contributed by atoms with van der Waals surface area (Å²) >= 11 is 0. The number of halogens is 3. The van der Waals surface area contributed by atoms with Gasteiger partial charge in [-0.2, -0.15) is 0 Å². The van der Waals surface area contributed by atoms with Crippen LogP contribution < -0.4 is 5.32 Å². The molecule has 1 rings (SSSR count). The van der Waals surface area contributed by atoms with E-state index in [4.69, 9.17) is 0 Å². The van der Waals surface area contributed by atoms with E-state index in [2.05, 4.69) is 11.9 Å². The quantitative estimate of drug-likeness (QED) is 0.614. The van der Waals surface area contributed by atoms with Crippen molar-refractivity contribution in [2.45, 2.75) is 25.8 Å². The Morgan fingerprint density at radius 2 is 1.94 bits per heavy atom. The van der Waals surface area contributed by atoms with Crippen LogP contribution in [0.15, 0.2) is 24.3 Å². The Kier molecular flexibility index (Phi) is 4.75. The van der Waals surface area contributed by atoms with Crippen LogP contribution in [-0.2, 0) is 0 Å². The highest BCUT2D eigenvalue weighted by atomic mass is 19.2. The molecule has 0 aliphatic rings. The Balaban J connectivity index is 3.04. The van der Waals surface area contributed by atoms with E-state index >= 15 is 0 Å². The second-order valence-electron chi connectivity index (χ2n) is 3.91. The maximum absolute atomic E-state index is 13.6. The minimum atomic E-state index is -1.43. The molecule has 0 aliphatic carbocycles. The van der Waals surface area contributed by atoms with Crippen molar-refractivity contribution in [3.63, 3.8) is 0 Å². The largest absolute Gasteiger partial charge is 0.313 e. The van der Waals surface area contributed by atoms with Crippen molar-refractivity contribution < 1.29 is 13.2 Å². The van der Waals surface area contributed by atoms with Gasteiger partial charge in [-0.05, 0) is 26.0 Å². The highest BCUT2D eigenvalue weighted by Crippen LogP contribution is 2.26. The van der Waals surface area contributed by atoms with Crippen molar-refractivity contribution in [3.8, 4) is 0 Å². The lowest BCUT2D eigenvalue weighted by Crippen LogP contribution is -2.19. The fourth-order valence-electron chi connectivity index (χ4n) is 1.61. The second-order valence-corrected chi connectivity index (χ2v) is 3.91. The number of rotatable bonds is 5. The summed E-state index contributed by atoms with van der Waals surface area (Å²) in [5.41, 5.74) is 1.05. The Morgan fingerprint density at radius 1 is 1.29 bits per heavy atom. The molecule has 4 heteroatoms. The van der Waals surface area contributed by atoms with Gasteiger partial charge in [0, 0.05) is 11.6 Å². The van der Waals surface area contributed by atoms with Gasteiger partial charge in [-0.15, -0.1) is 0 Å². The molecule has 0 saturated carbocycles. The fraction of sp³-hybridized carbons (Fsp3) is 0.385. The summed E-state index contributed by atoms with van der Waals surface area (Å²) < 4.78 is 39.5. The van der Waals surface area contributed by atoms with E-state index in [0.29, 0.717) is 6.42 Å². The molecule has 0 radical (unpaired) electrons. The normalized spacial score (nSPS) is 12.5. The van der Waals surface area contributed by atoms with Gasteiger partial charge in [0.1, 0.15) is 0 Å². The van der Waals surface area contributed by atoms with Gasteiger partial charge in [0.2, 0.25) is 0 Å². The fourth-order valence-corrected chi connectivity index (χ4v) is 1.61. The van der Waals surface area contributed by atoms with Gasteiger partial charge < -0.3 is 5.32 Å². The van der Waals surface area contributed by atoms with Crippen molar-refractivity contribution in [1.82, 2.24) is 5.32 Å². The van der Waals surface area contributed by atoms with Crippen LogP contribution in [0.1, 0.15) is 31.4 Å². The van der Waals surface area contributed by atoms with Gasteiger partial charge in [0.15, 0.2) is 17.5 Å². The molecule has 0 spiro atoms. The third-order valence-electron chi connectivity index (χ3n) is 2.78. The zero-order valence-corrected chi connectivity index (χ0v) is 9.99. The topological polar surface area (TPSA) is 12.0 Å². The molecule has 0 fully saturated rings. The number of benzene rings is 1. The molecule has 1 aromatic rings. The first-order valence-electron chi connectivity index (χ1n) is 5.48. The molecule has 0 aliphatic heterocycles. The minimum Gasteiger partial charge on any atom is -0.313 e. The van der Waals surface area contributed by atoms with Crippen LogP contribution in [-0.4, -0.2) is 7.05 Å². The van der Waals surface area contributed by atoms with Crippen molar-refractivity contribution in [1.29, 1.82) is 0 Å². The average molecular weight is 243 g/mol. The molecule has 1 nitrogen and oxygen atoms in total. The Labute approximate surface area is 99.3 Å². The summed E-state index contributed by atoms with van der Waals surface area (Å²) in [5, 5.41) is 2.88. The van der Waals surface area contributed by atoms with Gasteiger partial charge in [-0.3, -0.25) is 0 Å². The molecule has 0 bridgehead atoms. The molecule has 1 unspecified atom stereocenters. The lowest BCUT2D eigenvalue weighted by molar-refractivity contribution is 0.428. The third kappa shape index (κ3) is 3.09. The van der Waals surface area contributed by atoms with E-state index in [1.165, 1.54) is 6.07 Å². The van der Waals surface area contributed by atoms with Crippen LogP contribution in [0.3, 0.4) is 0 Å². The molecule has 1 aromatic carbocycles. The van der Waals surface area contributed by atoms with E-state index in [1.54, 1.807) is 7.05 Å². The monoisotopic (exact) mass is 243 g/mol. The van der Waals surface area contributed by atoms with E-state index in [9.17, 15) is 13.2 Å². The Hall–Kier alpha value is -1.29. The lowest BCUT2D eigenvalue weighted by Gasteiger charge is -2.18. The zero-order chi connectivity index (χ0) is 13.0. The summed E-state index contributed by atoms with van der Waals surface area (Å²) in [6.07, 6.45) is 1.26. The van der Waals surface area contributed by atoms with Crippen molar-refractivity contribution in [2.24, 2.45) is 0 Å². The zero-order valence-electron chi connectivity index (χ0n) is 9.99. The van der Waals surface area contributed by atoms with Gasteiger partial charge in [0.05, 0.1) is 0 Å². The summed E-state index contributed by atoms with van der Waals surface area (Å²) in [7, 11) is 1.65.